The van der Waals surface area contributed by atoms with Crippen LogP contribution in [0.3, 0.4) is 0 Å². The minimum Gasteiger partial charge on any atom is -0.380 e. The highest BCUT2D eigenvalue weighted by Gasteiger charge is 2.18. The van der Waals surface area contributed by atoms with E-state index >= 15 is 0 Å². The van der Waals surface area contributed by atoms with E-state index in [1.54, 1.807) is 6.08 Å². The molecule has 0 aromatic rings. The molecule has 4 heteroatoms. The van der Waals surface area contributed by atoms with Gasteiger partial charge in [0, 0.05) is 32.4 Å². The molecular weight excluding hydrogens is 246 g/mol. The molecule has 0 aromatic carbocycles. The predicted molar refractivity (Wildman–Crippen MR) is 79.6 cm³/mol. The summed E-state index contributed by atoms with van der Waals surface area (Å²) < 4.78 is 0. The third kappa shape index (κ3) is 4.07. The quantitative estimate of drug-likeness (QED) is 0.773. The second-order valence-corrected chi connectivity index (χ2v) is 5.40. The Hall–Kier alpha value is -0.930. The monoisotopic (exact) mass is 269 g/mol. The maximum Gasteiger partial charge on any atom is 0.0864 e. The van der Waals surface area contributed by atoms with Crippen molar-refractivity contribution in [2.24, 2.45) is 0 Å². The molecule has 1 saturated heterocycles. The van der Waals surface area contributed by atoms with Gasteiger partial charge in [0.25, 0.3) is 0 Å². The van der Waals surface area contributed by atoms with Crippen LogP contribution < -0.4 is 5.32 Å². The van der Waals surface area contributed by atoms with Gasteiger partial charge in [0.15, 0.2) is 0 Å². The van der Waals surface area contributed by atoms with Crippen molar-refractivity contribution in [3.8, 4) is 0 Å². The maximum absolute atomic E-state index is 6.34. The fourth-order valence-corrected chi connectivity index (χ4v) is 2.37. The van der Waals surface area contributed by atoms with Crippen molar-refractivity contribution in [2.45, 2.75) is 18.9 Å². The second kappa shape index (κ2) is 6.86. The number of likely N-dealkylation sites (tertiary alicyclic amines) is 1. The number of halogens is 1. The van der Waals surface area contributed by atoms with Crippen molar-refractivity contribution in [1.82, 2.24) is 15.1 Å². The Balaban J connectivity index is 2.74. The third-order valence-electron chi connectivity index (χ3n) is 3.22. The van der Waals surface area contributed by atoms with Crippen LogP contribution in [-0.4, -0.2) is 50.1 Å². The van der Waals surface area contributed by atoms with Gasteiger partial charge in [-0.15, -0.1) is 0 Å². The Bertz CT molecular complexity index is 347. The summed E-state index contributed by atoms with van der Waals surface area (Å²) in [5, 5.41) is 4.11. The molecule has 1 atom stereocenters. The number of piperidine rings is 1. The first-order valence-corrected chi connectivity index (χ1v) is 6.67. The zero-order chi connectivity index (χ0) is 13.7. The molecule has 0 saturated carbocycles. The number of likely N-dealkylation sites (N-methyl/N-ethyl adjacent to an activating group) is 2. The largest absolute Gasteiger partial charge is 0.380 e. The van der Waals surface area contributed by atoms with E-state index in [0.717, 1.165) is 17.9 Å². The Kier molecular flexibility index (Phi) is 5.76. The van der Waals surface area contributed by atoms with Gasteiger partial charge in [-0.2, -0.15) is 0 Å². The number of rotatable bonds is 5. The van der Waals surface area contributed by atoms with E-state index in [1.807, 2.05) is 19.0 Å². The molecule has 1 fully saturated rings. The lowest BCUT2D eigenvalue weighted by molar-refractivity contribution is 0.235. The second-order valence-electron chi connectivity index (χ2n) is 5.02. The summed E-state index contributed by atoms with van der Waals surface area (Å²) >= 11 is 6.34. The van der Waals surface area contributed by atoms with Crippen molar-refractivity contribution < 1.29 is 0 Å². The summed E-state index contributed by atoms with van der Waals surface area (Å²) in [4.78, 5) is 4.23. The first-order chi connectivity index (χ1) is 8.45. The summed E-state index contributed by atoms with van der Waals surface area (Å²) in [6.45, 7) is 10.0. The molecule has 0 radical (unpaired) electrons. The smallest absolute Gasteiger partial charge is 0.0864 e. The zero-order valence-corrected chi connectivity index (χ0v) is 12.4. The van der Waals surface area contributed by atoms with Crippen LogP contribution in [0.5, 0.6) is 0 Å². The summed E-state index contributed by atoms with van der Waals surface area (Å²) in [5.74, 6) is 0. The van der Waals surface area contributed by atoms with E-state index < -0.39 is 0 Å². The molecule has 1 N–H and O–H groups in total. The van der Waals surface area contributed by atoms with Crippen molar-refractivity contribution in [1.29, 1.82) is 0 Å². The standard InChI is InChI=1S/C14H24ClN3/c1-6-13(14(15)11(2)17(3)4)16-12-8-7-9-18(5)10-12/h6,12,16H,1-2,7-10H2,3-5H3/b14-13-. The van der Waals surface area contributed by atoms with E-state index in [-0.39, 0.29) is 0 Å². The summed E-state index contributed by atoms with van der Waals surface area (Å²) in [6.07, 6.45) is 4.15. The molecular formula is C14H24ClN3. The first kappa shape index (κ1) is 15.1. The van der Waals surface area contributed by atoms with Gasteiger partial charge in [-0.3, -0.25) is 0 Å². The average molecular weight is 270 g/mol. The van der Waals surface area contributed by atoms with Gasteiger partial charge < -0.3 is 15.1 Å². The predicted octanol–water partition coefficient (Wildman–Crippen LogP) is 2.38. The Labute approximate surface area is 116 Å². The summed E-state index contributed by atoms with van der Waals surface area (Å²) in [6, 6.07) is 0.431. The maximum atomic E-state index is 6.34. The molecule has 0 aromatic heterocycles. The van der Waals surface area contributed by atoms with Gasteiger partial charge in [0.2, 0.25) is 0 Å². The molecule has 3 nitrogen and oxygen atoms in total. The lowest BCUT2D eigenvalue weighted by Crippen LogP contribution is -2.43. The van der Waals surface area contributed by atoms with Crippen LogP contribution in [0, 0.1) is 0 Å². The number of nitrogens with zero attached hydrogens (tertiary/aromatic N) is 2. The van der Waals surface area contributed by atoms with Crippen molar-refractivity contribution in [3.63, 3.8) is 0 Å². The topological polar surface area (TPSA) is 18.5 Å². The Morgan fingerprint density at radius 1 is 1.50 bits per heavy atom. The summed E-state index contributed by atoms with van der Waals surface area (Å²) in [7, 11) is 6.01. The van der Waals surface area contributed by atoms with E-state index in [2.05, 4.69) is 30.4 Å². The van der Waals surface area contributed by atoms with Crippen molar-refractivity contribution in [3.05, 3.63) is 35.7 Å². The Morgan fingerprint density at radius 3 is 2.67 bits per heavy atom. The van der Waals surface area contributed by atoms with Gasteiger partial charge in [-0.05, 0) is 32.5 Å². The minimum absolute atomic E-state index is 0.431. The van der Waals surface area contributed by atoms with E-state index in [1.165, 1.54) is 19.4 Å². The fraction of sp³-hybridized carbons (Fsp3) is 0.571. The van der Waals surface area contributed by atoms with Crippen LogP contribution in [0.2, 0.25) is 0 Å². The van der Waals surface area contributed by atoms with Crippen LogP contribution in [0.15, 0.2) is 35.7 Å². The normalized spacial score (nSPS) is 22.1. The van der Waals surface area contributed by atoms with Crippen LogP contribution in [-0.2, 0) is 0 Å². The molecule has 0 spiro atoms. The number of hydrogen-bond donors (Lipinski definition) is 1. The molecule has 1 heterocycles. The molecule has 0 aliphatic carbocycles. The Morgan fingerprint density at radius 2 is 2.17 bits per heavy atom. The lowest BCUT2D eigenvalue weighted by atomic mass is 10.1. The molecule has 18 heavy (non-hydrogen) atoms. The highest BCUT2D eigenvalue weighted by molar-refractivity contribution is 6.32. The molecule has 1 aliphatic rings. The molecule has 102 valence electrons. The van der Waals surface area contributed by atoms with Gasteiger partial charge in [-0.1, -0.05) is 24.8 Å². The van der Waals surface area contributed by atoms with Crippen LogP contribution in [0.25, 0.3) is 0 Å². The molecule has 0 bridgehead atoms. The highest BCUT2D eigenvalue weighted by atomic mass is 35.5. The minimum atomic E-state index is 0.431. The number of hydrogen-bond acceptors (Lipinski definition) is 3. The molecule has 1 aliphatic heterocycles. The van der Waals surface area contributed by atoms with E-state index in [4.69, 9.17) is 11.6 Å². The van der Waals surface area contributed by atoms with Gasteiger partial charge in [0.1, 0.15) is 0 Å². The zero-order valence-electron chi connectivity index (χ0n) is 11.7. The summed E-state index contributed by atoms with van der Waals surface area (Å²) in [5.41, 5.74) is 1.67. The van der Waals surface area contributed by atoms with E-state index in [9.17, 15) is 0 Å². The van der Waals surface area contributed by atoms with Crippen LogP contribution in [0.4, 0.5) is 0 Å². The molecule has 1 rings (SSSR count). The average Bonchev–Trinajstić information content (AvgIpc) is 2.34. The number of nitrogens with one attached hydrogen (secondary N) is 1. The third-order valence-corrected chi connectivity index (χ3v) is 3.64. The lowest BCUT2D eigenvalue weighted by Gasteiger charge is -2.31. The molecule has 1 unspecified atom stereocenters. The van der Waals surface area contributed by atoms with Gasteiger partial charge >= 0.3 is 0 Å². The molecule has 0 amide bonds. The first-order valence-electron chi connectivity index (χ1n) is 6.29. The van der Waals surface area contributed by atoms with Crippen molar-refractivity contribution >= 4 is 11.6 Å². The van der Waals surface area contributed by atoms with Crippen molar-refractivity contribution in [2.75, 3.05) is 34.2 Å². The van der Waals surface area contributed by atoms with Crippen LogP contribution >= 0.6 is 11.6 Å². The SMILES string of the molecule is C=C/C(NC1CCCN(C)C1)=C(/Cl)C(=C)N(C)C. The van der Waals surface area contributed by atoms with E-state index in [0.29, 0.717) is 11.1 Å². The number of allylic oxidation sites excluding steroid dienone is 2. The van der Waals surface area contributed by atoms with Gasteiger partial charge in [0.05, 0.1) is 10.7 Å². The van der Waals surface area contributed by atoms with Gasteiger partial charge in [-0.25, -0.2) is 0 Å². The van der Waals surface area contributed by atoms with Crippen LogP contribution in [0.1, 0.15) is 12.8 Å². The highest BCUT2D eigenvalue weighted by Crippen LogP contribution is 2.20. The fourth-order valence-electron chi connectivity index (χ4n) is 2.07.